The highest BCUT2D eigenvalue weighted by atomic mass is 127. The summed E-state index contributed by atoms with van der Waals surface area (Å²) in [7, 11) is 6.75. The molecule has 0 atom stereocenters. The zero-order valence-corrected chi connectivity index (χ0v) is 19.3. The van der Waals surface area contributed by atoms with Gasteiger partial charge in [-0.3, -0.25) is 4.99 Å². The summed E-state index contributed by atoms with van der Waals surface area (Å²) in [5.74, 6) is 3.22. The Morgan fingerprint density at radius 1 is 0.929 bits per heavy atom. The van der Waals surface area contributed by atoms with E-state index in [1.54, 1.807) is 28.4 Å². The fourth-order valence-corrected chi connectivity index (χ4v) is 2.72. The second-order valence-corrected chi connectivity index (χ2v) is 5.99. The number of hydrogen-bond acceptors (Lipinski definition) is 4. The molecule has 0 amide bonds. The highest BCUT2D eigenvalue weighted by Gasteiger charge is 2.06. The van der Waals surface area contributed by atoms with Crippen molar-refractivity contribution in [2.75, 3.05) is 34.9 Å². The first-order chi connectivity index (χ1) is 13.2. The number of nitrogens with zero attached hydrogens (tertiary/aromatic N) is 1. The Morgan fingerprint density at radius 3 is 2.36 bits per heavy atom. The predicted octanol–water partition coefficient (Wildman–Crippen LogP) is 3.63. The fourth-order valence-electron chi connectivity index (χ4n) is 2.72. The van der Waals surface area contributed by atoms with Crippen LogP contribution in [0.4, 0.5) is 0 Å². The molecule has 2 N–H and O–H groups in total. The molecule has 0 aromatic heterocycles. The highest BCUT2D eigenvalue weighted by molar-refractivity contribution is 14.0. The van der Waals surface area contributed by atoms with Crippen molar-refractivity contribution in [2.45, 2.75) is 19.4 Å². The minimum Gasteiger partial charge on any atom is -0.497 e. The first kappa shape index (κ1) is 23.9. The number of guanidine groups is 1. The van der Waals surface area contributed by atoms with Gasteiger partial charge in [-0.2, -0.15) is 0 Å². The van der Waals surface area contributed by atoms with Crippen LogP contribution in [-0.4, -0.2) is 40.9 Å². The predicted molar refractivity (Wildman–Crippen MR) is 124 cm³/mol. The van der Waals surface area contributed by atoms with Crippen molar-refractivity contribution >= 4 is 29.9 Å². The van der Waals surface area contributed by atoms with E-state index in [1.165, 1.54) is 5.56 Å². The summed E-state index contributed by atoms with van der Waals surface area (Å²) in [6.07, 6.45) is 1.98. The molecule has 2 aromatic carbocycles. The van der Waals surface area contributed by atoms with E-state index >= 15 is 0 Å². The van der Waals surface area contributed by atoms with Crippen LogP contribution in [-0.2, 0) is 13.0 Å². The monoisotopic (exact) mass is 499 g/mol. The summed E-state index contributed by atoms with van der Waals surface area (Å²) in [5, 5.41) is 6.65. The topological polar surface area (TPSA) is 64.1 Å². The second-order valence-electron chi connectivity index (χ2n) is 5.99. The Hall–Kier alpha value is -2.16. The van der Waals surface area contributed by atoms with Crippen molar-refractivity contribution in [2.24, 2.45) is 4.99 Å². The number of methoxy groups -OCH3 is 3. The van der Waals surface area contributed by atoms with E-state index in [4.69, 9.17) is 14.2 Å². The van der Waals surface area contributed by atoms with E-state index in [1.807, 2.05) is 30.3 Å². The summed E-state index contributed by atoms with van der Waals surface area (Å²) >= 11 is 0. The molecule has 6 nitrogen and oxygen atoms in total. The van der Waals surface area contributed by atoms with Crippen LogP contribution in [0.25, 0.3) is 0 Å². The Balaban J connectivity index is 0.00000392. The first-order valence-corrected chi connectivity index (χ1v) is 8.98. The number of aryl methyl sites for hydroxylation is 1. The van der Waals surface area contributed by atoms with Crippen molar-refractivity contribution < 1.29 is 14.2 Å². The van der Waals surface area contributed by atoms with E-state index in [-0.39, 0.29) is 24.0 Å². The van der Waals surface area contributed by atoms with Gasteiger partial charge >= 0.3 is 0 Å². The van der Waals surface area contributed by atoms with Gasteiger partial charge in [0.2, 0.25) is 0 Å². The normalized spacial score (nSPS) is 10.6. The SMILES string of the molecule is CN=C(NCCCc1cccc(OC)c1)NCc1ccc(OC)cc1OC.I. The molecule has 0 heterocycles. The Labute approximate surface area is 184 Å². The molecule has 2 aromatic rings. The van der Waals surface area contributed by atoms with E-state index < -0.39 is 0 Å². The average molecular weight is 499 g/mol. The van der Waals surface area contributed by atoms with Crippen molar-refractivity contribution in [3.05, 3.63) is 53.6 Å². The number of aliphatic imine (C=N–C) groups is 1. The molecule has 2 rings (SSSR count). The number of halogens is 1. The van der Waals surface area contributed by atoms with E-state index in [0.717, 1.165) is 48.2 Å². The summed E-state index contributed by atoms with van der Waals surface area (Å²) in [5.41, 5.74) is 2.31. The third-order valence-corrected chi connectivity index (χ3v) is 4.23. The van der Waals surface area contributed by atoms with Crippen molar-refractivity contribution in [3.8, 4) is 17.2 Å². The van der Waals surface area contributed by atoms with Crippen molar-refractivity contribution in [3.63, 3.8) is 0 Å². The maximum Gasteiger partial charge on any atom is 0.191 e. The number of nitrogens with one attached hydrogen (secondary N) is 2. The van der Waals surface area contributed by atoms with Crippen LogP contribution in [0, 0.1) is 0 Å². The molecule has 0 radical (unpaired) electrons. The average Bonchev–Trinajstić information content (AvgIpc) is 2.73. The lowest BCUT2D eigenvalue weighted by atomic mass is 10.1. The number of ether oxygens (including phenoxy) is 3. The molecule has 0 spiro atoms. The zero-order valence-electron chi connectivity index (χ0n) is 17.0. The van der Waals surface area contributed by atoms with Gasteiger partial charge in [0.1, 0.15) is 17.2 Å². The van der Waals surface area contributed by atoms with Gasteiger partial charge in [0.05, 0.1) is 21.3 Å². The fraction of sp³-hybridized carbons (Fsp3) is 0.381. The minimum atomic E-state index is 0. The number of rotatable bonds is 9. The largest absolute Gasteiger partial charge is 0.497 e. The van der Waals surface area contributed by atoms with Gasteiger partial charge in [-0.05, 0) is 42.7 Å². The van der Waals surface area contributed by atoms with Crippen LogP contribution < -0.4 is 24.8 Å². The molecule has 0 aliphatic rings. The quantitative estimate of drug-likeness (QED) is 0.239. The van der Waals surface area contributed by atoms with Gasteiger partial charge < -0.3 is 24.8 Å². The van der Waals surface area contributed by atoms with E-state index in [0.29, 0.717) is 6.54 Å². The lowest BCUT2D eigenvalue weighted by molar-refractivity contribution is 0.390. The molecule has 154 valence electrons. The molecule has 28 heavy (non-hydrogen) atoms. The molecule has 0 unspecified atom stereocenters. The first-order valence-electron chi connectivity index (χ1n) is 8.98. The Morgan fingerprint density at radius 2 is 1.68 bits per heavy atom. The van der Waals surface area contributed by atoms with Gasteiger partial charge in [-0.25, -0.2) is 0 Å². The highest BCUT2D eigenvalue weighted by Crippen LogP contribution is 2.24. The number of hydrogen-bond donors (Lipinski definition) is 2. The van der Waals surface area contributed by atoms with Gasteiger partial charge in [0, 0.05) is 31.8 Å². The summed E-state index contributed by atoms with van der Waals surface area (Å²) in [6, 6.07) is 14.0. The van der Waals surface area contributed by atoms with Gasteiger partial charge in [0.15, 0.2) is 5.96 Å². The maximum absolute atomic E-state index is 5.43. The standard InChI is InChI=1S/C21H29N3O3.HI/c1-22-21(23-12-6-8-16-7-5-9-18(13-16)25-2)24-15-17-10-11-19(26-3)14-20(17)27-4;/h5,7,9-11,13-14H,6,8,12,15H2,1-4H3,(H2,22,23,24);1H. The van der Waals surface area contributed by atoms with Crippen LogP contribution in [0.5, 0.6) is 17.2 Å². The van der Waals surface area contributed by atoms with Crippen LogP contribution in [0.2, 0.25) is 0 Å². The Kier molecular flexibility index (Phi) is 11.2. The molecule has 0 aliphatic heterocycles. The molecule has 0 saturated carbocycles. The van der Waals surface area contributed by atoms with Crippen molar-refractivity contribution in [1.29, 1.82) is 0 Å². The van der Waals surface area contributed by atoms with E-state index in [9.17, 15) is 0 Å². The smallest absolute Gasteiger partial charge is 0.191 e. The third-order valence-electron chi connectivity index (χ3n) is 4.23. The van der Waals surface area contributed by atoms with Crippen LogP contribution >= 0.6 is 24.0 Å². The van der Waals surface area contributed by atoms with Crippen LogP contribution in [0.1, 0.15) is 17.5 Å². The lowest BCUT2D eigenvalue weighted by Gasteiger charge is -2.14. The molecule has 7 heteroatoms. The number of benzene rings is 2. The maximum atomic E-state index is 5.43. The third kappa shape index (κ3) is 7.46. The van der Waals surface area contributed by atoms with Crippen LogP contribution in [0.3, 0.4) is 0 Å². The second kappa shape index (κ2) is 13.1. The van der Waals surface area contributed by atoms with Gasteiger partial charge in [-0.1, -0.05) is 12.1 Å². The van der Waals surface area contributed by atoms with Gasteiger partial charge in [0.25, 0.3) is 0 Å². The molecular weight excluding hydrogens is 469 g/mol. The summed E-state index contributed by atoms with van der Waals surface area (Å²) < 4.78 is 15.9. The summed E-state index contributed by atoms with van der Waals surface area (Å²) in [4.78, 5) is 4.27. The molecule has 0 saturated heterocycles. The van der Waals surface area contributed by atoms with E-state index in [2.05, 4.69) is 27.8 Å². The van der Waals surface area contributed by atoms with Crippen molar-refractivity contribution in [1.82, 2.24) is 10.6 Å². The molecular formula is C21H30IN3O3. The minimum absolute atomic E-state index is 0. The molecule has 0 fully saturated rings. The lowest BCUT2D eigenvalue weighted by Crippen LogP contribution is -2.37. The Bertz CT molecular complexity index is 753. The van der Waals surface area contributed by atoms with Crippen LogP contribution in [0.15, 0.2) is 47.5 Å². The summed E-state index contributed by atoms with van der Waals surface area (Å²) in [6.45, 7) is 1.44. The molecule has 0 bridgehead atoms. The molecule has 0 aliphatic carbocycles. The van der Waals surface area contributed by atoms with Gasteiger partial charge in [-0.15, -0.1) is 24.0 Å². The zero-order chi connectivity index (χ0) is 19.5.